The van der Waals surface area contributed by atoms with Gasteiger partial charge in [0.05, 0.1) is 5.69 Å². The Kier molecular flexibility index (Phi) is 3.17. The van der Waals surface area contributed by atoms with Crippen LogP contribution in [-0.2, 0) is 0 Å². The van der Waals surface area contributed by atoms with Crippen molar-refractivity contribution < 1.29 is 0 Å². The van der Waals surface area contributed by atoms with Gasteiger partial charge in [0, 0.05) is 13.1 Å². The molecule has 1 heterocycles. The highest BCUT2D eigenvalue weighted by Gasteiger charge is 2.09. The van der Waals surface area contributed by atoms with Crippen LogP contribution in [-0.4, -0.2) is 18.1 Å². The molecule has 14 heavy (non-hydrogen) atoms. The predicted molar refractivity (Wildman–Crippen MR) is 61.2 cm³/mol. The lowest BCUT2D eigenvalue weighted by Crippen LogP contribution is -2.28. The average molecular weight is 194 g/mol. The largest absolute Gasteiger partial charge is 0.396 e. The maximum Gasteiger partial charge on any atom is 0.149 e. The summed E-state index contributed by atoms with van der Waals surface area (Å²) in [6.07, 6.45) is 1.07. The second-order valence-corrected chi connectivity index (χ2v) is 3.51. The van der Waals surface area contributed by atoms with Gasteiger partial charge < -0.3 is 16.4 Å². The third-order valence-electron chi connectivity index (χ3n) is 2.56. The lowest BCUT2D eigenvalue weighted by molar-refractivity contribution is 0.657. The third kappa shape index (κ3) is 2.07. The van der Waals surface area contributed by atoms with Gasteiger partial charge in [-0.15, -0.1) is 0 Å². The molecule has 0 saturated carbocycles. The van der Waals surface area contributed by atoms with E-state index in [1.54, 1.807) is 6.07 Å². The molecule has 0 radical (unpaired) electrons. The minimum atomic E-state index is 0.401. The summed E-state index contributed by atoms with van der Waals surface area (Å²) in [5, 5.41) is 0. The van der Waals surface area contributed by atoms with Crippen molar-refractivity contribution in [2.45, 2.75) is 26.3 Å². The summed E-state index contributed by atoms with van der Waals surface area (Å²) in [4.78, 5) is 6.31. The first-order valence-corrected chi connectivity index (χ1v) is 4.81. The van der Waals surface area contributed by atoms with Crippen LogP contribution in [0.1, 0.15) is 20.3 Å². The van der Waals surface area contributed by atoms with Crippen molar-refractivity contribution in [2.75, 3.05) is 23.4 Å². The summed E-state index contributed by atoms with van der Waals surface area (Å²) in [5.41, 5.74) is 11.8. The summed E-state index contributed by atoms with van der Waals surface area (Å²) in [6.45, 7) is 4.29. The first kappa shape index (κ1) is 10.6. The fraction of sp³-hybridized carbons (Fsp3) is 0.500. The summed E-state index contributed by atoms with van der Waals surface area (Å²) < 4.78 is 0. The number of nitrogens with two attached hydrogens (primary N) is 2. The van der Waals surface area contributed by atoms with Crippen LogP contribution in [0.4, 0.5) is 17.3 Å². The van der Waals surface area contributed by atoms with E-state index in [1.165, 1.54) is 0 Å². The Balaban J connectivity index is 2.91. The van der Waals surface area contributed by atoms with Crippen molar-refractivity contribution in [2.24, 2.45) is 0 Å². The Hall–Kier alpha value is -1.45. The molecule has 0 bridgehead atoms. The molecule has 0 aliphatic rings. The number of pyridine rings is 1. The molecular formula is C10H18N4. The van der Waals surface area contributed by atoms with Crippen molar-refractivity contribution in [1.29, 1.82) is 0 Å². The molecule has 0 fully saturated rings. The number of hydrogen-bond acceptors (Lipinski definition) is 4. The standard InChI is InChI=1S/C10H18N4/c1-4-7(2)14(3)9-6-5-8(11)10(12)13-9/h5-7H,4,11H2,1-3H3,(H2,12,13). The molecule has 1 aromatic heterocycles. The van der Waals surface area contributed by atoms with E-state index in [4.69, 9.17) is 11.5 Å². The van der Waals surface area contributed by atoms with Crippen molar-refractivity contribution >= 4 is 17.3 Å². The number of rotatable bonds is 3. The molecule has 1 atom stereocenters. The summed E-state index contributed by atoms with van der Waals surface area (Å²) in [7, 11) is 2.01. The van der Waals surface area contributed by atoms with Crippen LogP contribution in [0.5, 0.6) is 0 Å². The monoisotopic (exact) mass is 194 g/mol. The molecule has 0 amide bonds. The summed E-state index contributed by atoms with van der Waals surface area (Å²) >= 11 is 0. The number of aromatic nitrogens is 1. The van der Waals surface area contributed by atoms with Crippen LogP contribution in [0.2, 0.25) is 0 Å². The normalized spacial score (nSPS) is 12.5. The quantitative estimate of drug-likeness (QED) is 0.764. The number of nitrogen functional groups attached to an aromatic ring is 2. The Morgan fingerprint density at radius 1 is 1.43 bits per heavy atom. The molecule has 1 rings (SSSR count). The van der Waals surface area contributed by atoms with E-state index in [9.17, 15) is 0 Å². The van der Waals surface area contributed by atoms with Crippen molar-refractivity contribution in [1.82, 2.24) is 4.98 Å². The molecule has 4 nitrogen and oxygen atoms in total. The summed E-state index contributed by atoms with van der Waals surface area (Å²) in [6, 6.07) is 4.12. The molecule has 0 saturated heterocycles. The molecule has 0 aliphatic heterocycles. The number of hydrogen-bond donors (Lipinski definition) is 2. The zero-order valence-corrected chi connectivity index (χ0v) is 8.99. The maximum atomic E-state index is 5.64. The van der Waals surface area contributed by atoms with Gasteiger partial charge in [-0.25, -0.2) is 4.98 Å². The fourth-order valence-corrected chi connectivity index (χ4v) is 1.17. The Morgan fingerprint density at radius 2 is 2.07 bits per heavy atom. The van der Waals surface area contributed by atoms with Gasteiger partial charge in [0.15, 0.2) is 0 Å². The van der Waals surface area contributed by atoms with Gasteiger partial charge in [-0.1, -0.05) is 6.92 Å². The van der Waals surface area contributed by atoms with Crippen molar-refractivity contribution in [3.8, 4) is 0 Å². The zero-order chi connectivity index (χ0) is 10.7. The minimum absolute atomic E-state index is 0.401. The average Bonchev–Trinajstić information content (AvgIpc) is 2.20. The van der Waals surface area contributed by atoms with Crippen molar-refractivity contribution in [3.05, 3.63) is 12.1 Å². The molecule has 4 heteroatoms. The second kappa shape index (κ2) is 4.17. The molecule has 0 spiro atoms. The van der Waals surface area contributed by atoms with Gasteiger partial charge in [-0.2, -0.15) is 0 Å². The molecule has 1 aromatic rings. The number of nitrogens with zero attached hydrogens (tertiary/aromatic N) is 2. The van der Waals surface area contributed by atoms with Gasteiger partial charge in [0.1, 0.15) is 11.6 Å². The highest BCUT2D eigenvalue weighted by atomic mass is 15.2. The Labute approximate surface area is 84.9 Å². The highest BCUT2D eigenvalue weighted by molar-refractivity contribution is 5.62. The SMILES string of the molecule is CCC(C)N(C)c1ccc(N)c(N)n1. The first-order chi connectivity index (χ1) is 6.56. The lowest BCUT2D eigenvalue weighted by Gasteiger charge is -2.25. The fourth-order valence-electron chi connectivity index (χ4n) is 1.17. The van der Waals surface area contributed by atoms with Crippen LogP contribution in [0.15, 0.2) is 12.1 Å². The first-order valence-electron chi connectivity index (χ1n) is 4.81. The van der Waals surface area contributed by atoms with Crippen LogP contribution in [0.3, 0.4) is 0 Å². The van der Waals surface area contributed by atoms with Gasteiger partial charge in [0.25, 0.3) is 0 Å². The number of anilines is 3. The molecular weight excluding hydrogens is 176 g/mol. The summed E-state index contributed by atoms with van der Waals surface area (Å²) in [5.74, 6) is 1.27. The van der Waals surface area contributed by atoms with E-state index in [1.807, 2.05) is 13.1 Å². The third-order valence-corrected chi connectivity index (χ3v) is 2.56. The van der Waals surface area contributed by atoms with E-state index in [-0.39, 0.29) is 0 Å². The maximum absolute atomic E-state index is 5.64. The van der Waals surface area contributed by atoms with Gasteiger partial charge in [-0.05, 0) is 25.5 Å². The van der Waals surface area contributed by atoms with Gasteiger partial charge >= 0.3 is 0 Å². The Bertz CT molecular complexity index is 311. The highest BCUT2D eigenvalue weighted by Crippen LogP contribution is 2.19. The van der Waals surface area contributed by atoms with E-state index in [2.05, 4.69) is 23.7 Å². The second-order valence-electron chi connectivity index (χ2n) is 3.51. The molecule has 1 unspecified atom stereocenters. The minimum Gasteiger partial charge on any atom is -0.396 e. The zero-order valence-electron chi connectivity index (χ0n) is 8.99. The Morgan fingerprint density at radius 3 is 2.57 bits per heavy atom. The van der Waals surface area contributed by atoms with Gasteiger partial charge in [-0.3, -0.25) is 0 Å². The van der Waals surface area contributed by atoms with Crippen LogP contribution in [0, 0.1) is 0 Å². The lowest BCUT2D eigenvalue weighted by atomic mass is 10.2. The van der Waals surface area contributed by atoms with E-state index < -0.39 is 0 Å². The van der Waals surface area contributed by atoms with E-state index >= 15 is 0 Å². The van der Waals surface area contributed by atoms with E-state index in [0.29, 0.717) is 17.5 Å². The molecule has 4 N–H and O–H groups in total. The van der Waals surface area contributed by atoms with Gasteiger partial charge in [0.2, 0.25) is 0 Å². The topological polar surface area (TPSA) is 68.2 Å². The smallest absolute Gasteiger partial charge is 0.149 e. The van der Waals surface area contributed by atoms with Crippen LogP contribution < -0.4 is 16.4 Å². The molecule has 0 aliphatic carbocycles. The van der Waals surface area contributed by atoms with E-state index in [0.717, 1.165) is 12.2 Å². The molecule has 78 valence electrons. The van der Waals surface area contributed by atoms with Crippen LogP contribution in [0.25, 0.3) is 0 Å². The van der Waals surface area contributed by atoms with Crippen LogP contribution >= 0.6 is 0 Å². The molecule has 0 aromatic carbocycles. The van der Waals surface area contributed by atoms with Crippen molar-refractivity contribution in [3.63, 3.8) is 0 Å². The predicted octanol–water partition coefficient (Wildman–Crippen LogP) is 1.48.